The van der Waals surface area contributed by atoms with Crippen LogP contribution in [0.5, 0.6) is 5.75 Å². The number of hydrogen-bond acceptors (Lipinski definition) is 4. The van der Waals surface area contributed by atoms with E-state index < -0.39 is 11.9 Å². The summed E-state index contributed by atoms with van der Waals surface area (Å²) in [6, 6.07) is 14.0. The first kappa shape index (κ1) is 18.2. The van der Waals surface area contributed by atoms with Gasteiger partial charge in [0.1, 0.15) is 5.75 Å². The van der Waals surface area contributed by atoms with Gasteiger partial charge in [-0.25, -0.2) is 10.2 Å². The van der Waals surface area contributed by atoms with Crippen LogP contribution >= 0.6 is 0 Å². The van der Waals surface area contributed by atoms with Crippen LogP contribution in [0, 0.1) is 0 Å². The molecule has 0 spiro atoms. The van der Waals surface area contributed by atoms with E-state index in [0.717, 1.165) is 12.8 Å². The Kier molecular flexibility index (Phi) is 6.71. The second kappa shape index (κ2) is 9.22. The molecule has 0 aromatic heterocycles. The molecule has 2 aromatic rings. The van der Waals surface area contributed by atoms with Crippen LogP contribution in [-0.2, 0) is 11.2 Å². The molecule has 2 rings (SSSR count). The van der Waals surface area contributed by atoms with E-state index in [4.69, 9.17) is 9.84 Å². The number of carbonyl (C=O) groups is 2. The van der Waals surface area contributed by atoms with Crippen molar-refractivity contribution < 1.29 is 19.4 Å². The Bertz CT molecular complexity index is 754. The Hall–Kier alpha value is -3.15. The second-order valence-corrected chi connectivity index (χ2v) is 5.37. The minimum atomic E-state index is -1.05. The molecule has 0 atom stereocenters. The Balaban J connectivity index is 1.83. The van der Waals surface area contributed by atoms with Gasteiger partial charge in [0.15, 0.2) is 6.61 Å². The Morgan fingerprint density at radius 2 is 1.88 bits per heavy atom. The Morgan fingerprint density at radius 3 is 2.56 bits per heavy atom. The first-order valence-corrected chi connectivity index (χ1v) is 7.96. The SMILES string of the molecule is CCCc1ccc(OCC(=O)N/N=C/c2ccccc2C(=O)O)cc1. The van der Waals surface area contributed by atoms with Crippen molar-refractivity contribution in [3.8, 4) is 5.75 Å². The predicted molar refractivity (Wildman–Crippen MR) is 95.1 cm³/mol. The highest BCUT2D eigenvalue weighted by Gasteiger charge is 2.07. The molecule has 0 saturated heterocycles. The van der Waals surface area contributed by atoms with Crippen LogP contribution < -0.4 is 10.2 Å². The molecule has 0 aliphatic heterocycles. The Labute approximate surface area is 146 Å². The average molecular weight is 340 g/mol. The van der Waals surface area contributed by atoms with E-state index in [2.05, 4.69) is 17.5 Å². The molecule has 0 heterocycles. The first-order chi connectivity index (χ1) is 12.1. The third kappa shape index (κ3) is 5.76. The molecule has 130 valence electrons. The van der Waals surface area contributed by atoms with Crippen LogP contribution in [-0.4, -0.2) is 29.8 Å². The molecule has 1 amide bonds. The van der Waals surface area contributed by atoms with Crippen molar-refractivity contribution in [1.82, 2.24) is 5.43 Å². The third-order valence-corrected chi connectivity index (χ3v) is 3.42. The average Bonchev–Trinajstić information content (AvgIpc) is 2.61. The van der Waals surface area contributed by atoms with Crippen molar-refractivity contribution in [2.75, 3.05) is 6.61 Å². The molecule has 0 saturated carbocycles. The predicted octanol–water partition coefficient (Wildman–Crippen LogP) is 2.87. The minimum Gasteiger partial charge on any atom is -0.484 e. The number of hydrazone groups is 1. The summed E-state index contributed by atoms with van der Waals surface area (Å²) in [7, 11) is 0. The highest BCUT2D eigenvalue weighted by Crippen LogP contribution is 2.13. The van der Waals surface area contributed by atoms with Crippen LogP contribution in [0.4, 0.5) is 0 Å². The summed E-state index contributed by atoms with van der Waals surface area (Å²) in [6.45, 7) is 1.94. The molecule has 2 aromatic carbocycles. The van der Waals surface area contributed by atoms with E-state index in [1.54, 1.807) is 18.2 Å². The third-order valence-electron chi connectivity index (χ3n) is 3.42. The summed E-state index contributed by atoms with van der Waals surface area (Å²) < 4.78 is 5.39. The van der Waals surface area contributed by atoms with Crippen LogP contribution in [0.3, 0.4) is 0 Å². The van der Waals surface area contributed by atoms with Crippen LogP contribution in [0.15, 0.2) is 53.6 Å². The fourth-order valence-electron chi connectivity index (χ4n) is 2.20. The van der Waals surface area contributed by atoms with Crippen LogP contribution in [0.1, 0.15) is 34.8 Å². The number of ether oxygens (including phenoxy) is 1. The number of aryl methyl sites for hydroxylation is 1. The summed E-state index contributed by atoms with van der Waals surface area (Å²) in [5.41, 5.74) is 4.05. The molecule has 25 heavy (non-hydrogen) atoms. The van der Waals surface area contributed by atoms with Gasteiger partial charge in [0, 0.05) is 5.56 Å². The molecular weight excluding hydrogens is 320 g/mol. The maximum Gasteiger partial charge on any atom is 0.336 e. The number of carbonyl (C=O) groups excluding carboxylic acids is 1. The zero-order valence-electron chi connectivity index (χ0n) is 13.9. The standard InChI is InChI=1S/C19H20N2O4/c1-2-5-14-8-10-16(11-9-14)25-13-18(22)21-20-12-15-6-3-4-7-17(15)19(23)24/h3-4,6-12H,2,5,13H2,1H3,(H,21,22)(H,23,24)/b20-12+. The van der Waals surface area contributed by atoms with Crippen molar-refractivity contribution in [1.29, 1.82) is 0 Å². The summed E-state index contributed by atoms with van der Waals surface area (Å²) in [5.74, 6) is -0.875. The lowest BCUT2D eigenvalue weighted by atomic mass is 10.1. The number of benzene rings is 2. The lowest BCUT2D eigenvalue weighted by Gasteiger charge is -2.06. The molecular formula is C19H20N2O4. The number of nitrogens with zero attached hydrogens (tertiary/aromatic N) is 1. The van der Waals surface area contributed by atoms with E-state index in [9.17, 15) is 9.59 Å². The van der Waals surface area contributed by atoms with Crippen molar-refractivity contribution in [2.45, 2.75) is 19.8 Å². The van der Waals surface area contributed by atoms with Gasteiger partial charge < -0.3 is 9.84 Å². The van der Waals surface area contributed by atoms with Crippen molar-refractivity contribution in [3.63, 3.8) is 0 Å². The first-order valence-electron chi connectivity index (χ1n) is 7.96. The number of nitrogens with one attached hydrogen (secondary N) is 1. The molecule has 0 bridgehead atoms. The second-order valence-electron chi connectivity index (χ2n) is 5.37. The van der Waals surface area contributed by atoms with Gasteiger partial charge in [0.2, 0.25) is 0 Å². The Morgan fingerprint density at radius 1 is 1.16 bits per heavy atom. The lowest BCUT2D eigenvalue weighted by Crippen LogP contribution is -2.24. The van der Waals surface area contributed by atoms with Gasteiger partial charge in [-0.3, -0.25) is 4.79 Å². The molecule has 2 N–H and O–H groups in total. The smallest absolute Gasteiger partial charge is 0.336 e. The molecule has 6 heteroatoms. The summed E-state index contributed by atoms with van der Waals surface area (Å²) in [5, 5.41) is 12.8. The monoisotopic (exact) mass is 340 g/mol. The maximum atomic E-state index is 11.7. The van der Waals surface area contributed by atoms with Crippen LogP contribution in [0.2, 0.25) is 0 Å². The summed E-state index contributed by atoms with van der Waals surface area (Å²) in [6.07, 6.45) is 3.37. The summed E-state index contributed by atoms with van der Waals surface area (Å²) >= 11 is 0. The molecule has 0 fully saturated rings. The van der Waals surface area contributed by atoms with E-state index in [0.29, 0.717) is 11.3 Å². The van der Waals surface area contributed by atoms with Gasteiger partial charge in [0.25, 0.3) is 5.91 Å². The van der Waals surface area contributed by atoms with Crippen molar-refractivity contribution in [3.05, 3.63) is 65.2 Å². The van der Waals surface area contributed by atoms with Crippen LogP contribution in [0.25, 0.3) is 0 Å². The summed E-state index contributed by atoms with van der Waals surface area (Å²) in [4.78, 5) is 22.8. The zero-order valence-corrected chi connectivity index (χ0v) is 13.9. The lowest BCUT2D eigenvalue weighted by molar-refractivity contribution is -0.123. The normalized spacial score (nSPS) is 10.6. The number of hydrogen-bond donors (Lipinski definition) is 2. The maximum absolute atomic E-state index is 11.7. The number of carboxylic acid groups (broad SMARTS) is 1. The molecule has 0 aliphatic rings. The largest absolute Gasteiger partial charge is 0.484 e. The topological polar surface area (TPSA) is 88.0 Å². The zero-order chi connectivity index (χ0) is 18.1. The van der Waals surface area contributed by atoms with E-state index in [1.807, 2.05) is 24.3 Å². The van der Waals surface area contributed by atoms with Gasteiger partial charge in [-0.1, -0.05) is 43.7 Å². The number of aromatic carboxylic acids is 1. The number of carboxylic acids is 1. The highest BCUT2D eigenvalue weighted by molar-refractivity contribution is 5.98. The highest BCUT2D eigenvalue weighted by atomic mass is 16.5. The van der Waals surface area contributed by atoms with Gasteiger partial charge in [-0.2, -0.15) is 5.10 Å². The van der Waals surface area contributed by atoms with E-state index in [-0.39, 0.29) is 12.2 Å². The van der Waals surface area contributed by atoms with Gasteiger partial charge >= 0.3 is 5.97 Å². The van der Waals surface area contributed by atoms with Gasteiger partial charge in [0.05, 0.1) is 11.8 Å². The number of amides is 1. The van der Waals surface area contributed by atoms with Gasteiger partial charge in [-0.05, 0) is 30.2 Å². The number of rotatable bonds is 8. The van der Waals surface area contributed by atoms with Crippen molar-refractivity contribution in [2.24, 2.45) is 5.10 Å². The molecule has 0 aliphatic carbocycles. The van der Waals surface area contributed by atoms with Crippen molar-refractivity contribution >= 4 is 18.1 Å². The van der Waals surface area contributed by atoms with E-state index in [1.165, 1.54) is 17.8 Å². The fourth-order valence-corrected chi connectivity index (χ4v) is 2.20. The fraction of sp³-hybridized carbons (Fsp3) is 0.211. The molecule has 6 nitrogen and oxygen atoms in total. The van der Waals surface area contributed by atoms with Gasteiger partial charge in [-0.15, -0.1) is 0 Å². The minimum absolute atomic E-state index is 0.115. The quantitative estimate of drug-likeness (QED) is 0.571. The molecule has 0 radical (unpaired) electrons. The molecule has 0 unspecified atom stereocenters. The van der Waals surface area contributed by atoms with E-state index >= 15 is 0 Å².